The van der Waals surface area contributed by atoms with Crippen molar-refractivity contribution in [2.75, 3.05) is 0 Å². The molecule has 3 rings (SSSR count). The molecule has 0 N–H and O–H groups in total. The van der Waals surface area contributed by atoms with Gasteiger partial charge in [-0.05, 0) is 23.0 Å². The van der Waals surface area contributed by atoms with Gasteiger partial charge in [0, 0.05) is 10.8 Å². The van der Waals surface area contributed by atoms with Crippen molar-refractivity contribution in [2.45, 2.75) is 46.0 Å². The molecule has 0 aliphatic rings. The Kier molecular flexibility index (Phi) is 2.78. The second-order valence-electron chi connectivity index (χ2n) is 6.65. The van der Waals surface area contributed by atoms with Crippen LogP contribution in [-0.2, 0) is 5.41 Å². The molecule has 0 saturated heterocycles. The molecule has 0 spiro atoms. The minimum Gasteiger partial charge on any atom is -0.200 e. The molecule has 2 aromatic heterocycles. The van der Waals surface area contributed by atoms with Gasteiger partial charge in [-0.25, -0.2) is 0 Å². The lowest BCUT2D eigenvalue weighted by atomic mass is 9.85. The van der Waals surface area contributed by atoms with Crippen LogP contribution >= 0.6 is 0 Å². The number of rotatable bonds is 1. The summed E-state index contributed by atoms with van der Waals surface area (Å²) >= 11 is 0. The maximum absolute atomic E-state index is 4.68. The first kappa shape index (κ1) is 13.0. The smallest absolute Gasteiger partial charge is 0.185 e. The van der Waals surface area contributed by atoms with Gasteiger partial charge in [0.15, 0.2) is 5.65 Å². The Morgan fingerprint density at radius 2 is 1.85 bits per heavy atom. The van der Waals surface area contributed by atoms with Crippen LogP contribution in [0.25, 0.3) is 16.4 Å². The maximum atomic E-state index is 4.68. The molecule has 0 unspecified atom stereocenters. The zero-order valence-corrected chi connectivity index (χ0v) is 12.7. The molecule has 1 aromatic carbocycles. The first-order chi connectivity index (χ1) is 9.38. The van der Waals surface area contributed by atoms with Crippen LogP contribution in [0.3, 0.4) is 0 Å². The Morgan fingerprint density at radius 3 is 2.50 bits per heavy atom. The molecule has 4 nitrogen and oxygen atoms in total. The highest BCUT2D eigenvalue weighted by Gasteiger charge is 2.18. The van der Waals surface area contributed by atoms with Crippen molar-refractivity contribution in [2.24, 2.45) is 0 Å². The normalized spacial score (nSPS) is 12.7. The molecule has 0 aliphatic heterocycles. The Balaban J connectivity index is 2.42. The lowest BCUT2D eigenvalue weighted by Crippen LogP contribution is -2.11. The predicted octanol–water partition coefficient (Wildman–Crippen LogP) is 3.70. The van der Waals surface area contributed by atoms with Gasteiger partial charge in [-0.1, -0.05) is 46.8 Å². The topological polar surface area (TPSA) is 43.1 Å². The summed E-state index contributed by atoms with van der Waals surface area (Å²) in [6.45, 7) is 11.0. The van der Waals surface area contributed by atoms with Gasteiger partial charge in [0.1, 0.15) is 6.33 Å². The van der Waals surface area contributed by atoms with Crippen LogP contribution in [0.4, 0.5) is 0 Å². The third-order valence-corrected chi connectivity index (χ3v) is 3.70. The Bertz CT molecular complexity index is 778. The van der Waals surface area contributed by atoms with Crippen LogP contribution in [0.1, 0.15) is 51.8 Å². The quantitative estimate of drug-likeness (QED) is 0.676. The molecule has 0 radical (unpaired) electrons. The zero-order valence-electron chi connectivity index (χ0n) is 12.7. The largest absolute Gasteiger partial charge is 0.200 e. The third-order valence-electron chi connectivity index (χ3n) is 3.70. The van der Waals surface area contributed by atoms with Gasteiger partial charge in [-0.15, -0.1) is 10.2 Å². The Labute approximate surface area is 118 Å². The second kappa shape index (κ2) is 4.27. The van der Waals surface area contributed by atoms with Crippen molar-refractivity contribution in [3.8, 4) is 0 Å². The standard InChI is InChI=1S/C16H20N4/c1-10(2)14-13-8-11(16(3,4)5)6-7-12(13)15-18-17-9-20(15)19-14/h6-10H,1-5H3. The van der Waals surface area contributed by atoms with Gasteiger partial charge in [-0.3, -0.25) is 0 Å². The summed E-state index contributed by atoms with van der Waals surface area (Å²) in [4.78, 5) is 0. The zero-order chi connectivity index (χ0) is 14.5. The molecule has 0 saturated carbocycles. The van der Waals surface area contributed by atoms with E-state index in [1.54, 1.807) is 10.8 Å². The summed E-state index contributed by atoms with van der Waals surface area (Å²) < 4.78 is 1.77. The maximum Gasteiger partial charge on any atom is 0.185 e. The molecular weight excluding hydrogens is 248 g/mol. The first-order valence-electron chi connectivity index (χ1n) is 7.02. The minimum atomic E-state index is 0.127. The van der Waals surface area contributed by atoms with E-state index in [1.807, 2.05) is 0 Å². The van der Waals surface area contributed by atoms with Crippen LogP contribution in [0.15, 0.2) is 24.5 Å². The van der Waals surface area contributed by atoms with E-state index in [0.717, 1.165) is 16.7 Å². The van der Waals surface area contributed by atoms with Gasteiger partial charge in [0.05, 0.1) is 5.69 Å². The SMILES string of the molecule is CC(C)c1nn2cnnc2c2ccc(C(C)(C)C)cc12. The van der Waals surface area contributed by atoms with Crippen LogP contribution in [0, 0.1) is 0 Å². The number of fused-ring (bicyclic) bond motifs is 3. The average molecular weight is 268 g/mol. The Morgan fingerprint density at radius 1 is 1.10 bits per heavy atom. The third kappa shape index (κ3) is 1.96. The van der Waals surface area contributed by atoms with Gasteiger partial charge < -0.3 is 0 Å². The van der Waals surface area contributed by atoms with Gasteiger partial charge in [0.2, 0.25) is 0 Å². The monoisotopic (exact) mass is 268 g/mol. The fourth-order valence-corrected chi connectivity index (χ4v) is 2.49. The van der Waals surface area contributed by atoms with E-state index in [-0.39, 0.29) is 5.41 Å². The molecule has 20 heavy (non-hydrogen) atoms. The molecule has 0 bridgehead atoms. The van der Waals surface area contributed by atoms with Gasteiger partial charge >= 0.3 is 0 Å². The number of hydrogen-bond donors (Lipinski definition) is 0. The van der Waals surface area contributed by atoms with Gasteiger partial charge in [0.25, 0.3) is 0 Å². The van der Waals surface area contributed by atoms with Crippen LogP contribution in [-0.4, -0.2) is 19.8 Å². The predicted molar refractivity (Wildman–Crippen MR) is 81.1 cm³/mol. The number of aromatic nitrogens is 4. The molecule has 0 fully saturated rings. The highest BCUT2D eigenvalue weighted by atomic mass is 15.3. The van der Waals surface area contributed by atoms with Crippen molar-refractivity contribution in [3.05, 3.63) is 35.8 Å². The number of benzene rings is 1. The summed E-state index contributed by atoms with van der Waals surface area (Å²) in [7, 11) is 0. The summed E-state index contributed by atoms with van der Waals surface area (Å²) in [5.74, 6) is 0.361. The van der Waals surface area contributed by atoms with Crippen molar-refractivity contribution in [1.29, 1.82) is 0 Å². The number of hydrogen-bond acceptors (Lipinski definition) is 3. The van der Waals surface area contributed by atoms with Crippen molar-refractivity contribution >= 4 is 16.4 Å². The molecule has 0 atom stereocenters. The lowest BCUT2D eigenvalue weighted by molar-refractivity contribution is 0.591. The van der Waals surface area contributed by atoms with Crippen molar-refractivity contribution in [1.82, 2.24) is 19.8 Å². The van der Waals surface area contributed by atoms with Crippen LogP contribution in [0.2, 0.25) is 0 Å². The van der Waals surface area contributed by atoms with E-state index in [0.29, 0.717) is 5.92 Å². The minimum absolute atomic E-state index is 0.127. The van der Waals surface area contributed by atoms with E-state index >= 15 is 0 Å². The van der Waals surface area contributed by atoms with E-state index in [2.05, 4.69) is 68.1 Å². The van der Waals surface area contributed by atoms with E-state index < -0.39 is 0 Å². The van der Waals surface area contributed by atoms with Crippen LogP contribution < -0.4 is 0 Å². The molecule has 0 aliphatic carbocycles. The van der Waals surface area contributed by atoms with E-state index in [4.69, 9.17) is 0 Å². The molecule has 4 heteroatoms. The molecule has 104 valence electrons. The molecule has 2 heterocycles. The van der Waals surface area contributed by atoms with Crippen molar-refractivity contribution < 1.29 is 0 Å². The van der Waals surface area contributed by atoms with E-state index in [1.165, 1.54) is 10.9 Å². The highest BCUT2D eigenvalue weighted by molar-refractivity contribution is 5.95. The number of nitrogens with zero attached hydrogens (tertiary/aromatic N) is 4. The lowest BCUT2D eigenvalue weighted by Gasteiger charge is -2.20. The Hall–Kier alpha value is -1.97. The first-order valence-corrected chi connectivity index (χ1v) is 7.02. The summed E-state index contributed by atoms with van der Waals surface area (Å²) in [5.41, 5.74) is 3.36. The highest BCUT2D eigenvalue weighted by Crippen LogP contribution is 2.31. The van der Waals surface area contributed by atoms with Gasteiger partial charge in [-0.2, -0.15) is 9.61 Å². The summed E-state index contributed by atoms with van der Waals surface area (Å²) in [5, 5.41) is 15.1. The fraction of sp³-hybridized carbons (Fsp3) is 0.438. The van der Waals surface area contributed by atoms with Crippen molar-refractivity contribution in [3.63, 3.8) is 0 Å². The molecule has 0 amide bonds. The summed E-state index contributed by atoms with van der Waals surface area (Å²) in [6.07, 6.45) is 1.67. The second-order valence-corrected chi connectivity index (χ2v) is 6.65. The average Bonchev–Trinajstić information content (AvgIpc) is 2.84. The van der Waals surface area contributed by atoms with Crippen LogP contribution in [0.5, 0.6) is 0 Å². The molecular formula is C16H20N4. The summed E-state index contributed by atoms with van der Waals surface area (Å²) in [6, 6.07) is 6.58. The molecule has 3 aromatic rings. The fourth-order valence-electron chi connectivity index (χ4n) is 2.49. The van der Waals surface area contributed by atoms with E-state index in [9.17, 15) is 0 Å².